The predicted molar refractivity (Wildman–Crippen MR) is 160 cm³/mol. The second kappa shape index (κ2) is 16.7. The van der Waals surface area contributed by atoms with Gasteiger partial charge in [-0.3, -0.25) is 15.0 Å². The summed E-state index contributed by atoms with van der Waals surface area (Å²) in [6.45, 7) is 2.80. The standard InChI is InChI=1S/C25H29N5O2S.2C2HF3O2/c1-15(24(31)29-14-16-6-8-17(9-7-16)23(26)27)30-25(32)20-12-19(10-11-28-20)22-13-18-4-2-3-5-21(18)33-22;2*3-2(4,5)1(6)7/h2-9,13,15,19-20,28H,10-12,14H2,1H3,(H3,26,27)(H,29,31)(H,30,32);2*(H,6,7)/t15?,19-,20+;;/m0../s1. The Kier molecular flexibility index (Phi) is 13.7. The summed E-state index contributed by atoms with van der Waals surface area (Å²) >= 11 is 1.80. The minimum absolute atomic E-state index is 0.00725. The lowest BCUT2D eigenvalue weighted by molar-refractivity contribution is -0.193. The normalized spacial score (nSPS) is 16.7. The SMILES string of the molecule is CC(NC(=O)[C@H]1C[C@@H](c2cc3ccccc3s2)CCN1)C(=O)NCc1ccc(C(=N)N)cc1.O=C(O)C(F)(F)F.O=C(O)C(F)(F)F. The first-order valence-electron chi connectivity index (χ1n) is 13.6. The van der Waals surface area contributed by atoms with Crippen LogP contribution in [0.15, 0.2) is 54.6 Å². The van der Waals surface area contributed by atoms with Gasteiger partial charge in [0.15, 0.2) is 0 Å². The van der Waals surface area contributed by atoms with Crippen molar-refractivity contribution < 1.29 is 55.7 Å². The first kappa shape index (κ1) is 38.5. The molecule has 1 aliphatic rings. The monoisotopic (exact) mass is 691 g/mol. The molecule has 1 fully saturated rings. The summed E-state index contributed by atoms with van der Waals surface area (Å²) in [6, 6.07) is 16.8. The number of nitrogens with two attached hydrogens (primary N) is 1. The van der Waals surface area contributed by atoms with Crippen LogP contribution in [0.1, 0.15) is 41.7 Å². The number of alkyl halides is 6. The zero-order valence-electron chi connectivity index (χ0n) is 24.5. The van der Waals surface area contributed by atoms with E-state index in [1.54, 1.807) is 30.4 Å². The third kappa shape index (κ3) is 12.5. The van der Waals surface area contributed by atoms with Crippen molar-refractivity contribution in [1.82, 2.24) is 16.0 Å². The van der Waals surface area contributed by atoms with Crippen LogP contribution in [-0.4, -0.2) is 70.8 Å². The number of amides is 2. The highest BCUT2D eigenvalue weighted by Gasteiger charge is 2.39. The highest BCUT2D eigenvalue weighted by Crippen LogP contribution is 2.36. The van der Waals surface area contributed by atoms with E-state index < -0.39 is 30.3 Å². The molecule has 2 heterocycles. The Bertz CT molecular complexity index is 1500. The van der Waals surface area contributed by atoms with Gasteiger partial charge in [0.2, 0.25) is 11.8 Å². The van der Waals surface area contributed by atoms with Crippen LogP contribution in [0.5, 0.6) is 0 Å². The number of benzene rings is 2. The molecule has 1 aliphatic heterocycles. The maximum absolute atomic E-state index is 12.9. The van der Waals surface area contributed by atoms with E-state index in [0.29, 0.717) is 18.0 Å². The fourth-order valence-corrected chi connectivity index (χ4v) is 5.32. The molecule has 0 aliphatic carbocycles. The number of nitrogens with one attached hydrogen (secondary N) is 4. The molecule has 1 saturated heterocycles. The number of halogens is 6. The summed E-state index contributed by atoms with van der Waals surface area (Å²) in [5.41, 5.74) is 7.00. The van der Waals surface area contributed by atoms with Gasteiger partial charge in [0, 0.05) is 21.7 Å². The molecule has 11 nitrogen and oxygen atoms in total. The molecule has 8 N–H and O–H groups in total. The molecule has 0 saturated carbocycles. The quantitative estimate of drug-likeness (QED) is 0.109. The second-order valence-electron chi connectivity index (χ2n) is 10.1. The van der Waals surface area contributed by atoms with Crippen LogP contribution in [0.4, 0.5) is 26.3 Å². The van der Waals surface area contributed by atoms with Crippen LogP contribution in [-0.2, 0) is 25.7 Å². The number of carbonyl (C=O) groups is 4. The van der Waals surface area contributed by atoms with Crippen molar-refractivity contribution >= 4 is 51.0 Å². The number of fused-ring (bicyclic) bond motifs is 1. The van der Waals surface area contributed by atoms with Gasteiger partial charge in [0.1, 0.15) is 11.9 Å². The molecular weight excluding hydrogens is 660 g/mol. The van der Waals surface area contributed by atoms with Crippen molar-refractivity contribution in [2.24, 2.45) is 5.73 Å². The molecule has 2 amide bonds. The molecule has 0 bridgehead atoms. The average Bonchev–Trinajstić information content (AvgIpc) is 3.44. The van der Waals surface area contributed by atoms with Gasteiger partial charge in [-0.2, -0.15) is 26.3 Å². The molecule has 0 radical (unpaired) electrons. The highest BCUT2D eigenvalue weighted by molar-refractivity contribution is 7.19. The Balaban J connectivity index is 0.000000459. The van der Waals surface area contributed by atoms with Crippen molar-refractivity contribution in [3.05, 3.63) is 70.6 Å². The number of hydrogen-bond donors (Lipinski definition) is 7. The van der Waals surface area contributed by atoms with Crippen LogP contribution in [0.2, 0.25) is 0 Å². The lowest BCUT2D eigenvalue weighted by atomic mass is 9.90. The van der Waals surface area contributed by atoms with Gasteiger partial charge in [-0.25, -0.2) is 9.59 Å². The first-order valence-corrected chi connectivity index (χ1v) is 14.4. The van der Waals surface area contributed by atoms with Gasteiger partial charge in [-0.05, 0) is 55.3 Å². The molecule has 18 heteroatoms. The van der Waals surface area contributed by atoms with E-state index in [4.69, 9.17) is 30.9 Å². The molecule has 1 aromatic heterocycles. The summed E-state index contributed by atoms with van der Waals surface area (Å²) in [7, 11) is 0. The summed E-state index contributed by atoms with van der Waals surface area (Å²) in [5, 5.41) is 31.9. The molecule has 3 aromatic rings. The van der Waals surface area contributed by atoms with Crippen molar-refractivity contribution in [2.45, 2.75) is 56.7 Å². The number of carboxylic acid groups (broad SMARTS) is 2. The van der Waals surface area contributed by atoms with Gasteiger partial charge in [-0.15, -0.1) is 11.3 Å². The Morgan fingerprint density at radius 1 is 1.00 bits per heavy atom. The van der Waals surface area contributed by atoms with Gasteiger partial charge in [-0.1, -0.05) is 42.5 Å². The molecule has 47 heavy (non-hydrogen) atoms. The number of thiophene rings is 1. The second-order valence-corrected chi connectivity index (χ2v) is 11.2. The number of carboxylic acids is 2. The first-order chi connectivity index (χ1) is 21.8. The highest BCUT2D eigenvalue weighted by atomic mass is 32.1. The van der Waals surface area contributed by atoms with E-state index in [1.807, 2.05) is 18.2 Å². The summed E-state index contributed by atoms with van der Waals surface area (Å²) < 4.78 is 64.7. The number of piperidine rings is 1. The molecule has 1 unspecified atom stereocenters. The van der Waals surface area contributed by atoms with Gasteiger partial charge < -0.3 is 31.9 Å². The van der Waals surface area contributed by atoms with E-state index in [9.17, 15) is 35.9 Å². The number of carbonyl (C=O) groups excluding carboxylic acids is 2. The molecular formula is C29H31F6N5O6S. The number of nitrogen functional groups attached to an aromatic ring is 1. The minimum atomic E-state index is -5.08. The predicted octanol–water partition coefficient (Wildman–Crippen LogP) is 4.11. The number of rotatable bonds is 7. The molecule has 4 rings (SSSR count). The van der Waals surface area contributed by atoms with E-state index >= 15 is 0 Å². The van der Waals surface area contributed by atoms with E-state index in [-0.39, 0.29) is 23.7 Å². The molecule has 3 atom stereocenters. The fraction of sp³-hybridized carbons (Fsp3) is 0.345. The minimum Gasteiger partial charge on any atom is -0.475 e. The van der Waals surface area contributed by atoms with Crippen LogP contribution in [0.25, 0.3) is 10.1 Å². The van der Waals surface area contributed by atoms with Crippen LogP contribution >= 0.6 is 11.3 Å². The summed E-state index contributed by atoms with van der Waals surface area (Å²) in [4.78, 5) is 44.5. The number of amidine groups is 1. The third-order valence-electron chi connectivity index (χ3n) is 6.54. The van der Waals surface area contributed by atoms with Crippen molar-refractivity contribution in [1.29, 1.82) is 5.41 Å². The zero-order valence-corrected chi connectivity index (χ0v) is 25.4. The number of hydrogen-bond acceptors (Lipinski definition) is 7. The van der Waals surface area contributed by atoms with E-state index in [2.05, 4.69) is 40.2 Å². The van der Waals surface area contributed by atoms with Gasteiger partial charge in [0.25, 0.3) is 0 Å². The molecule has 0 spiro atoms. The van der Waals surface area contributed by atoms with Crippen molar-refractivity contribution in [3.63, 3.8) is 0 Å². The average molecular weight is 692 g/mol. The third-order valence-corrected chi connectivity index (χ3v) is 7.81. The van der Waals surface area contributed by atoms with Gasteiger partial charge in [0.05, 0.1) is 6.04 Å². The van der Waals surface area contributed by atoms with E-state index in [0.717, 1.165) is 24.9 Å². The van der Waals surface area contributed by atoms with Crippen LogP contribution in [0.3, 0.4) is 0 Å². The Labute approximate surface area is 267 Å². The van der Waals surface area contributed by atoms with Crippen LogP contribution in [0, 0.1) is 5.41 Å². The maximum Gasteiger partial charge on any atom is 0.490 e. The lowest BCUT2D eigenvalue weighted by Gasteiger charge is -2.29. The van der Waals surface area contributed by atoms with Crippen molar-refractivity contribution in [2.75, 3.05) is 6.54 Å². The van der Waals surface area contributed by atoms with Crippen molar-refractivity contribution in [3.8, 4) is 0 Å². The van der Waals surface area contributed by atoms with E-state index in [1.165, 1.54) is 15.0 Å². The Morgan fingerprint density at radius 2 is 1.55 bits per heavy atom. The largest absolute Gasteiger partial charge is 0.490 e. The molecule has 256 valence electrons. The topological polar surface area (TPSA) is 195 Å². The lowest BCUT2D eigenvalue weighted by Crippen LogP contribution is -2.53. The maximum atomic E-state index is 12.9. The summed E-state index contributed by atoms with van der Waals surface area (Å²) in [6.07, 6.45) is -8.45. The number of aliphatic carboxylic acids is 2. The Hall–Kier alpha value is -4.71. The fourth-order valence-electron chi connectivity index (χ4n) is 4.10. The van der Waals surface area contributed by atoms with Gasteiger partial charge >= 0.3 is 24.3 Å². The Morgan fingerprint density at radius 3 is 2.06 bits per heavy atom. The summed E-state index contributed by atoms with van der Waals surface area (Å²) in [5.74, 6) is -5.56. The van der Waals surface area contributed by atoms with Crippen LogP contribution < -0.4 is 21.7 Å². The smallest absolute Gasteiger partial charge is 0.475 e. The zero-order chi connectivity index (χ0) is 35.5. The molecule has 2 aromatic carbocycles.